The molecule has 0 aliphatic heterocycles. The maximum absolute atomic E-state index is 12.3. The van der Waals surface area contributed by atoms with Gasteiger partial charge in [-0.2, -0.15) is 0 Å². The molecule has 3 N–H and O–H groups in total. The van der Waals surface area contributed by atoms with Gasteiger partial charge in [0.1, 0.15) is 5.76 Å². The van der Waals surface area contributed by atoms with E-state index >= 15 is 0 Å². The van der Waals surface area contributed by atoms with Gasteiger partial charge in [-0.1, -0.05) is 5.16 Å². The van der Waals surface area contributed by atoms with E-state index in [0.29, 0.717) is 24.0 Å². The third kappa shape index (κ3) is 3.02. The molecule has 2 heterocycles. The van der Waals surface area contributed by atoms with Crippen LogP contribution in [0.4, 0.5) is 0 Å². The van der Waals surface area contributed by atoms with Gasteiger partial charge in [-0.3, -0.25) is 0 Å². The molecule has 0 bridgehead atoms. The van der Waals surface area contributed by atoms with E-state index in [1.165, 1.54) is 0 Å². The van der Waals surface area contributed by atoms with E-state index in [1.807, 2.05) is 4.57 Å². The number of nitrogens with one attached hydrogen (secondary N) is 1. The van der Waals surface area contributed by atoms with Crippen LogP contribution in [0.5, 0.6) is 0 Å². The summed E-state index contributed by atoms with van der Waals surface area (Å²) in [5.41, 5.74) is 7.08. The second kappa shape index (κ2) is 5.28. The molecule has 0 spiro atoms. The van der Waals surface area contributed by atoms with Gasteiger partial charge in [0, 0.05) is 30.5 Å². The Balaban J connectivity index is 1.77. The van der Waals surface area contributed by atoms with Crippen molar-refractivity contribution in [2.75, 3.05) is 0 Å². The zero-order chi connectivity index (χ0) is 15.0. The molecule has 0 saturated heterocycles. The van der Waals surface area contributed by atoms with Crippen molar-refractivity contribution < 1.29 is 12.9 Å². The monoisotopic (exact) mass is 310 g/mol. The highest BCUT2D eigenvalue weighted by Gasteiger charge is 2.27. The Kier molecular flexibility index (Phi) is 3.60. The molecule has 2 aromatic heterocycles. The van der Waals surface area contributed by atoms with Crippen molar-refractivity contribution in [3.8, 4) is 0 Å². The first kappa shape index (κ1) is 14.3. The summed E-state index contributed by atoms with van der Waals surface area (Å²) in [5, 5.41) is 3.76. The fraction of sp³-hybridized carbons (Fsp3) is 0.462. The van der Waals surface area contributed by atoms with Gasteiger partial charge in [-0.05, 0) is 25.8 Å². The van der Waals surface area contributed by atoms with Crippen LogP contribution in [-0.2, 0) is 23.1 Å². The Morgan fingerprint density at radius 2 is 2.24 bits per heavy atom. The predicted molar refractivity (Wildman–Crippen MR) is 75.9 cm³/mol. The lowest BCUT2D eigenvalue weighted by atomic mass is 10.4. The summed E-state index contributed by atoms with van der Waals surface area (Å²) in [6.45, 7) is 2.19. The SMILES string of the molecule is Cc1cc(CNS(=O)(=O)c2cc(CN)n(C3CC3)c2)no1. The molecule has 3 rings (SSSR count). The molecule has 1 aliphatic carbocycles. The van der Waals surface area contributed by atoms with E-state index in [4.69, 9.17) is 10.3 Å². The van der Waals surface area contributed by atoms with Crippen LogP contribution < -0.4 is 10.5 Å². The van der Waals surface area contributed by atoms with Crippen molar-refractivity contribution in [2.24, 2.45) is 5.73 Å². The molecule has 0 aromatic carbocycles. The van der Waals surface area contributed by atoms with Gasteiger partial charge in [0.15, 0.2) is 0 Å². The molecule has 1 saturated carbocycles. The maximum Gasteiger partial charge on any atom is 0.242 e. The average Bonchev–Trinajstić information content (AvgIpc) is 3.05. The third-order valence-corrected chi connectivity index (χ3v) is 4.85. The molecule has 0 unspecified atom stereocenters. The largest absolute Gasteiger partial charge is 0.361 e. The normalized spacial score (nSPS) is 15.5. The van der Waals surface area contributed by atoms with Gasteiger partial charge < -0.3 is 14.8 Å². The van der Waals surface area contributed by atoms with Crippen LogP contribution in [0, 0.1) is 6.92 Å². The van der Waals surface area contributed by atoms with E-state index in [9.17, 15) is 8.42 Å². The maximum atomic E-state index is 12.3. The van der Waals surface area contributed by atoms with Crippen LogP contribution in [0.1, 0.15) is 36.0 Å². The van der Waals surface area contributed by atoms with Crippen LogP contribution >= 0.6 is 0 Å². The Labute approximate surface area is 123 Å². The van der Waals surface area contributed by atoms with Crippen molar-refractivity contribution >= 4 is 10.0 Å². The zero-order valence-electron chi connectivity index (χ0n) is 11.7. The van der Waals surface area contributed by atoms with Crippen molar-refractivity contribution in [3.05, 3.63) is 35.5 Å². The van der Waals surface area contributed by atoms with E-state index in [2.05, 4.69) is 9.88 Å². The van der Waals surface area contributed by atoms with Gasteiger partial charge in [0.2, 0.25) is 10.0 Å². The van der Waals surface area contributed by atoms with Gasteiger partial charge in [-0.15, -0.1) is 0 Å². The summed E-state index contributed by atoms with van der Waals surface area (Å²) in [7, 11) is -3.57. The van der Waals surface area contributed by atoms with E-state index < -0.39 is 10.0 Å². The molecular formula is C13H18N4O3S. The third-order valence-electron chi connectivity index (χ3n) is 3.49. The van der Waals surface area contributed by atoms with Crippen LogP contribution in [0.15, 0.2) is 27.7 Å². The molecule has 0 atom stereocenters. The summed E-state index contributed by atoms with van der Waals surface area (Å²) in [4.78, 5) is 0.245. The number of hydrogen-bond donors (Lipinski definition) is 2. The molecule has 8 heteroatoms. The van der Waals surface area contributed by atoms with Gasteiger partial charge in [0.25, 0.3) is 0 Å². The number of nitrogens with two attached hydrogens (primary N) is 1. The highest BCUT2D eigenvalue weighted by atomic mass is 32.2. The number of rotatable bonds is 6. The second-order valence-electron chi connectivity index (χ2n) is 5.26. The molecule has 21 heavy (non-hydrogen) atoms. The van der Waals surface area contributed by atoms with Crippen LogP contribution in [0.2, 0.25) is 0 Å². The lowest BCUT2D eigenvalue weighted by molar-refractivity contribution is 0.390. The first-order valence-corrected chi connectivity index (χ1v) is 8.30. The van der Waals surface area contributed by atoms with E-state index in [1.54, 1.807) is 25.3 Å². The van der Waals surface area contributed by atoms with Crippen molar-refractivity contribution in [3.63, 3.8) is 0 Å². The molecule has 1 fully saturated rings. The number of aryl methyl sites for hydroxylation is 1. The van der Waals surface area contributed by atoms with Crippen LogP contribution in [0.25, 0.3) is 0 Å². The lowest BCUT2D eigenvalue weighted by Crippen LogP contribution is -2.23. The number of nitrogens with zero attached hydrogens (tertiary/aromatic N) is 2. The standard InChI is InChI=1S/C13H18N4O3S/c1-9-4-10(16-20-9)7-15-21(18,19)13-5-12(6-14)17(8-13)11-2-3-11/h4-5,8,11,15H,2-3,6-7,14H2,1H3. The van der Waals surface area contributed by atoms with Crippen molar-refractivity contribution in [1.29, 1.82) is 0 Å². The first-order valence-electron chi connectivity index (χ1n) is 6.82. The summed E-state index contributed by atoms with van der Waals surface area (Å²) in [6, 6.07) is 3.73. The number of sulfonamides is 1. The molecule has 2 aromatic rings. The van der Waals surface area contributed by atoms with Crippen molar-refractivity contribution in [1.82, 2.24) is 14.4 Å². The van der Waals surface area contributed by atoms with E-state index in [0.717, 1.165) is 18.5 Å². The Morgan fingerprint density at radius 3 is 2.81 bits per heavy atom. The number of aromatic nitrogens is 2. The Hall–Kier alpha value is -1.64. The second-order valence-corrected chi connectivity index (χ2v) is 7.03. The highest BCUT2D eigenvalue weighted by Crippen LogP contribution is 2.37. The summed E-state index contributed by atoms with van der Waals surface area (Å²) >= 11 is 0. The minimum Gasteiger partial charge on any atom is -0.361 e. The van der Waals surface area contributed by atoms with Crippen molar-refractivity contribution in [2.45, 2.75) is 43.8 Å². The molecule has 7 nitrogen and oxygen atoms in total. The quantitative estimate of drug-likeness (QED) is 0.830. The molecular weight excluding hydrogens is 292 g/mol. The first-order chi connectivity index (χ1) is 9.99. The predicted octanol–water partition coefficient (Wildman–Crippen LogP) is 1.06. The summed E-state index contributed by atoms with van der Waals surface area (Å²) in [5.74, 6) is 0.648. The summed E-state index contributed by atoms with van der Waals surface area (Å²) in [6.07, 6.45) is 3.82. The molecule has 0 amide bonds. The fourth-order valence-electron chi connectivity index (χ4n) is 2.25. The fourth-order valence-corrected chi connectivity index (χ4v) is 3.30. The van der Waals surface area contributed by atoms with Gasteiger partial charge >= 0.3 is 0 Å². The highest BCUT2D eigenvalue weighted by molar-refractivity contribution is 7.89. The average molecular weight is 310 g/mol. The van der Waals surface area contributed by atoms with E-state index in [-0.39, 0.29) is 11.4 Å². The van der Waals surface area contributed by atoms with Gasteiger partial charge in [0.05, 0.1) is 17.1 Å². The van der Waals surface area contributed by atoms with Crippen LogP contribution in [0.3, 0.4) is 0 Å². The zero-order valence-corrected chi connectivity index (χ0v) is 12.6. The molecule has 114 valence electrons. The smallest absolute Gasteiger partial charge is 0.242 e. The summed E-state index contributed by atoms with van der Waals surface area (Å²) < 4.78 is 34.0. The number of hydrogen-bond acceptors (Lipinski definition) is 5. The Morgan fingerprint density at radius 1 is 1.48 bits per heavy atom. The minimum atomic E-state index is -3.57. The van der Waals surface area contributed by atoms with Gasteiger partial charge in [-0.25, -0.2) is 13.1 Å². The topological polar surface area (TPSA) is 103 Å². The molecule has 0 radical (unpaired) electrons. The Bertz CT molecular complexity index is 743. The van der Waals surface area contributed by atoms with Crippen LogP contribution in [-0.4, -0.2) is 18.1 Å². The molecule has 1 aliphatic rings. The minimum absolute atomic E-state index is 0.103. The lowest BCUT2D eigenvalue weighted by Gasteiger charge is -2.04.